The summed E-state index contributed by atoms with van der Waals surface area (Å²) in [6.45, 7) is 3.40. The SMILES string of the molecule is CCCCCCCCCCCCCCCCCCOc1ccc(N=C2NN(Cc3ccccc3)C(=O)C2n2nnc3cccc(Br)c32)cc1. The Kier molecular flexibility index (Phi) is 15.0. The summed E-state index contributed by atoms with van der Waals surface area (Å²) >= 11 is 3.62. The van der Waals surface area contributed by atoms with Gasteiger partial charge in [0.2, 0.25) is 0 Å². The van der Waals surface area contributed by atoms with E-state index in [1.54, 1.807) is 9.69 Å². The van der Waals surface area contributed by atoms with Crippen LogP contribution in [0.5, 0.6) is 5.75 Å². The zero-order valence-electron chi connectivity index (χ0n) is 29.2. The summed E-state index contributed by atoms with van der Waals surface area (Å²) < 4.78 is 8.50. The smallest absolute Gasteiger partial charge is 0.274 e. The van der Waals surface area contributed by atoms with E-state index in [9.17, 15) is 4.79 Å². The largest absolute Gasteiger partial charge is 0.494 e. The number of benzene rings is 3. The lowest BCUT2D eigenvalue weighted by molar-refractivity contribution is -0.132. The van der Waals surface area contributed by atoms with Crippen molar-refractivity contribution in [2.45, 2.75) is 122 Å². The molecule has 2 heterocycles. The van der Waals surface area contributed by atoms with Gasteiger partial charge in [0, 0.05) is 4.47 Å². The second kappa shape index (κ2) is 20.1. The number of unbranched alkanes of at least 4 members (excludes halogenated alkanes) is 15. The maximum absolute atomic E-state index is 13.8. The molecular formula is C40H53BrN6O2. The molecular weight excluding hydrogens is 676 g/mol. The molecule has 49 heavy (non-hydrogen) atoms. The molecule has 1 N–H and O–H groups in total. The first-order chi connectivity index (χ1) is 24.1. The molecule has 262 valence electrons. The number of fused-ring (bicyclic) bond motifs is 1. The van der Waals surface area contributed by atoms with E-state index < -0.39 is 6.04 Å². The average molecular weight is 730 g/mol. The van der Waals surface area contributed by atoms with Crippen LogP contribution in [-0.2, 0) is 11.3 Å². The van der Waals surface area contributed by atoms with Crippen LogP contribution in [0.1, 0.15) is 121 Å². The van der Waals surface area contributed by atoms with Crippen LogP contribution in [0.15, 0.2) is 82.3 Å². The Morgan fingerprint density at radius 3 is 2.00 bits per heavy atom. The zero-order chi connectivity index (χ0) is 34.1. The third-order valence-corrected chi connectivity index (χ3v) is 9.87. The second-order valence-electron chi connectivity index (χ2n) is 13.2. The number of nitrogens with one attached hydrogen (secondary N) is 1. The summed E-state index contributed by atoms with van der Waals surface area (Å²) in [4.78, 5) is 18.7. The van der Waals surface area contributed by atoms with E-state index in [-0.39, 0.29) is 5.91 Å². The van der Waals surface area contributed by atoms with Gasteiger partial charge >= 0.3 is 0 Å². The highest BCUT2D eigenvalue weighted by molar-refractivity contribution is 9.10. The van der Waals surface area contributed by atoms with Crippen molar-refractivity contribution in [3.8, 4) is 5.75 Å². The van der Waals surface area contributed by atoms with Crippen molar-refractivity contribution >= 4 is 44.4 Å². The highest BCUT2D eigenvalue weighted by Crippen LogP contribution is 2.30. The molecule has 1 aliphatic rings. The van der Waals surface area contributed by atoms with E-state index in [4.69, 9.17) is 9.73 Å². The standard InChI is InChI=1S/C40H53BrN6O2/c1-2-3-4-5-6-7-8-9-10-11-12-13-14-15-16-20-30-49-34-28-26-33(27-29-34)42-39-38(47-37-35(41)24-21-25-36(37)43-45-47)40(48)46(44-39)31-32-22-18-17-19-23-32/h17-19,21-29,38H,2-16,20,30-31H2,1H3,(H,42,44). The number of ether oxygens (including phenoxy) is 1. The fourth-order valence-corrected chi connectivity index (χ4v) is 6.98. The molecule has 3 aromatic carbocycles. The molecule has 0 saturated carbocycles. The molecule has 1 amide bonds. The van der Waals surface area contributed by atoms with Gasteiger partial charge in [0.05, 0.1) is 18.8 Å². The fourth-order valence-electron chi connectivity index (χ4n) is 6.44. The maximum atomic E-state index is 13.8. The van der Waals surface area contributed by atoms with E-state index >= 15 is 0 Å². The third kappa shape index (κ3) is 11.1. The minimum Gasteiger partial charge on any atom is -0.494 e. The average Bonchev–Trinajstić information content (AvgIpc) is 3.67. The summed E-state index contributed by atoms with van der Waals surface area (Å²) in [6.07, 6.45) is 21.7. The molecule has 1 saturated heterocycles. The topological polar surface area (TPSA) is 84.6 Å². The highest BCUT2D eigenvalue weighted by Gasteiger charge is 2.41. The molecule has 8 nitrogen and oxygen atoms in total. The van der Waals surface area contributed by atoms with Crippen LogP contribution < -0.4 is 10.2 Å². The first-order valence-corrected chi connectivity index (χ1v) is 19.4. The van der Waals surface area contributed by atoms with Crippen molar-refractivity contribution in [2.75, 3.05) is 6.61 Å². The number of carbonyl (C=O) groups excluding carboxylic acids is 1. The molecule has 1 aliphatic heterocycles. The van der Waals surface area contributed by atoms with Crippen LogP contribution in [0.2, 0.25) is 0 Å². The Morgan fingerprint density at radius 2 is 1.37 bits per heavy atom. The first kappa shape index (κ1) is 36.6. The Hall–Kier alpha value is -3.72. The van der Waals surface area contributed by atoms with Gasteiger partial charge < -0.3 is 4.74 Å². The number of hydrogen-bond donors (Lipinski definition) is 1. The van der Waals surface area contributed by atoms with Gasteiger partial charge in [-0.1, -0.05) is 145 Å². The normalized spacial score (nSPS) is 15.4. The van der Waals surface area contributed by atoms with Crippen molar-refractivity contribution in [3.05, 3.63) is 82.8 Å². The van der Waals surface area contributed by atoms with Crippen LogP contribution in [0.4, 0.5) is 5.69 Å². The highest BCUT2D eigenvalue weighted by atomic mass is 79.9. The number of amides is 1. The molecule has 1 unspecified atom stereocenters. The van der Waals surface area contributed by atoms with Crippen molar-refractivity contribution in [1.82, 2.24) is 25.4 Å². The molecule has 0 spiro atoms. The van der Waals surface area contributed by atoms with E-state index in [1.807, 2.05) is 72.8 Å². The van der Waals surface area contributed by atoms with Crippen LogP contribution in [0, 0.1) is 0 Å². The molecule has 1 aromatic heterocycles. The Bertz CT molecular complexity index is 1590. The molecule has 0 aliphatic carbocycles. The minimum atomic E-state index is -0.779. The Morgan fingerprint density at radius 1 is 0.755 bits per heavy atom. The number of aromatic nitrogens is 3. The van der Waals surface area contributed by atoms with E-state index in [1.165, 1.54) is 96.3 Å². The summed E-state index contributed by atoms with van der Waals surface area (Å²) in [5.41, 5.74) is 6.44. The van der Waals surface area contributed by atoms with Gasteiger partial charge in [0.15, 0.2) is 11.9 Å². The number of hydrogen-bond acceptors (Lipinski definition) is 5. The number of para-hydroxylation sites is 1. The number of amidine groups is 1. The molecule has 1 atom stereocenters. The zero-order valence-corrected chi connectivity index (χ0v) is 30.8. The third-order valence-electron chi connectivity index (χ3n) is 9.23. The lowest BCUT2D eigenvalue weighted by Gasteiger charge is -2.15. The van der Waals surface area contributed by atoms with Crippen molar-refractivity contribution in [1.29, 1.82) is 0 Å². The number of hydrazine groups is 1. The Balaban J connectivity index is 1.05. The van der Waals surface area contributed by atoms with Crippen LogP contribution in [-0.4, -0.2) is 38.4 Å². The van der Waals surface area contributed by atoms with Crippen molar-refractivity contribution in [3.63, 3.8) is 0 Å². The number of carbonyl (C=O) groups is 1. The van der Waals surface area contributed by atoms with Gasteiger partial charge in [-0.2, -0.15) is 0 Å². The molecule has 5 rings (SSSR count). The monoisotopic (exact) mass is 728 g/mol. The van der Waals surface area contributed by atoms with Crippen molar-refractivity contribution < 1.29 is 9.53 Å². The lowest BCUT2D eigenvalue weighted by Crippen LogP contribution is -2.35. The lowest BCUT2D eigenvalue weighted by atomic mass is 10.0. The van der Waals surface area contributed by atoms with E-state index in [2.05, 4.69) is 38.6 Å². The molecule has 0 radical (unpaired) electrons. The van der Waals surface area contributed by atoms with Crippen LogP contribution in [0.3, 0.4) is 0 Å². The molecule has 1 fully saturated rings. The first-order valence-electron chi connectivity index (χ1n) is 18.6. The number of aliphatic imine (C=N–C) groups is 1. The molecule has 0 bridgehead atoms. The van der Waals surface area contributed by atoms with Crippen LogP contribution in [0.25, 0.3) is 11.0 Å². The molecule has 4 aromatic rings. The summed E-state index contributed by atoms with van der Waals surface area (Å²) in [5.74, 6) is 1.17. The number of rotatable bonds is 22. The summed E-state index contributed by atoms with van der Waals surface area (Å²) in [7, 11) is 0. The van der Waals surface area contributed by atoms with Gasteiger partial charge in [-0.3, -0.25) is 10.2 Å². The fraction of sp³-hybridized carbons (Fsp3) is 0.500. The van der Waals surface area contributed by atoms with Gasteiger partial charge in [-0.25, -0.2) is 14.7 Å². The minimum absolute atomic E-state index is 0.149. The quantitative estimate of drug-likeness (QED) is 0.0814. The summed E-state index contributed by atoms with van der Waals surface area (Å²) in [5, 5.41) is 10.3. The number of halogens is 1. The van der Waals surface area contributed by atoms with E-state index in [0.29, 0.717) is 24.5 Å². The van der Waals surface area contributed by atoms with Gasteiger partial charge in [0.1, 0.15) is 16.8 Å². The van der Waals surface area contributed by atoms with Gasteiger partial charge in [-0.15, -0.1) is 5.10 Å². The summed E-state index contributed by atoms with van der Waals surface area (Å²) in [6, 6.07) is 22.6. The number of nitrogens with zero attached hydrogens (tertiary/aromatic N) is 5. The van der Waals surface area contributed by atoms with Gasteiger partial charge in [-0.05, 0) is 64.3 Å². The maximum Gasteiger partial charge on any atom is 0.274 e. The predicted molar refractivity (Wildman–Crippen MR) is 203 cm³/mol. The van der Waals surface area contributed by atoms with Crippen molar-refractivity contribution in [2.24, 2.45) is 4.99 Å². The van der Waals surface area contributed by atoms with E-state index in [0.717, 1.165) is 33.4 Å². The van der Waals surface area contributed by atoms with Gasteiger partial charge in [0.25, 0.3) is 5.91 Å². The van der Waals surface area contributed by atoms with Crippen LogP contribution >= 0.6 is 15.9 Å². The molecule has 9 heteroatoms. The second-order valence-corrected chi connectivity index (χ2v) is 14.1. The Labute approximate surface area is 300 Å². The predicted octanol–water partition coefficient (Wildman–Crippen LogP) is 10.7.